The number of aliphatic hydroxyl groups is 1. The lowest BCUT2D eigenvalue weighted by molar-refractivity contribution is 0.147. The van der Waals surface area contributed by atoms with Gasteiger partial charge in [-0.2, -0.15) is 0 Å². The van der Waals surface area contributed by atoms with E-state index >= 15 is 0 Å². The Balaban J connectivity index is 2.55. The van der Waals surface area contributed by atoms with Crippen LogP contribution in [0.2, 0.25) is 0 Å². The molecule has 16 heavy (non-hydrogen) atoms. The number of rotatable bonds is 7. The smallest absolute Gasteiger partial charge is 0.117 e. The second-order valence-electron chi connectivity index (χ2n) is 4.22. The van der Waals surface area contributed by atoms with Crippen LogP contribution in [0.4, 0.5) is 0 Å². The molecule has 3 heteroatoms. The Hall–Kier alpha value is -0.800. The maximum atomic E-state index is 9.41. The normalized spacial score (nSPS) is 12.0. The Morgan fingerprint density at radius 1 is 1.19 bits per heavy atom. The quantitative estimate of drug-likeness (QED) is 0.749. The minimum atomic E-state index is -0.167. The van der Waals surface area contributed by atoms with E-state index < -0.39 is 0 Å². The molecular formula is C13H23NO2. The van der Waals surface area contributed by atoms with Crippen molar-refractivity contribution >= 4 is 0 Å². The number of aryl methyl sites for hydroxylation is 1. The number of hydrogen-bond donors (Lipinski definition) is 2. The highest BCUT2D eigenvalue weighted by atomic mass is 16.3. The summed E-state index contributed by atoms with van der Waals surface area (Å²) in [6.07, 6.45) is 2.76. The maximum Gasteiger partial charge on any atom is 0.117 e. The van der Waals surface area contributed by atoms with Crippen molar-refractivity contribution in [2.75, 3.05) is 6.61 Å². The van der Waals surface area contributed by atoms with Crippen molar-refractivity contribution in [1.82, 2.24) is 5.32 Å². The minimum absolute atomic E-state index is 0.167. The lowest BCUT2D eigenvalue weighted by atomic mass is 9.94. The fourth-order valence-corrected chi connectivity index (χ4v) is 1.76. The summed E-state index contributed by atoms with van der Waals surface area (Å²) in [6, 6.07) is 4.01. The second kappa shape index (κ2) is 6.06. The summed E-state index contributed by atoms with van der Waals surface area (Å²) in [6.45, 7) is 7.11. The van der Waals surface area contributed by atoms with E-state index in [0.717, 1.165) is 30.8 Å². The molecule has 0 saturated heterocycles. The molecule has 0 aliphatic carbocycles. The van der Waals surface area contributed by atoms with Crippen LogP contribution in [0.5, 0.6) is 0 Å². The molecule has 0 aromatic carbocycles. The van der Waals surface area contributed by atoms with Crippen LogP contribution in [-0.4, -0.2) is 17.3 Å². The van der Waals surface area contributed by atoms with Gasteiger partial charge in [0.15, 0.2) is 0 Å². The number of nitrogens with one attached hydrogen (secondary N) is 1. The van der Waals surface area contributed by atoms with E-state index in [4.69, 9.17) is 4.42 Å². The van der Waals surface area contributed by atoms with Crippen molar-refractivity contribution in [2.45, 2.75) is 52.1 Å². The Kier molecular flexibility index (Phi) is 5.03. The van der Waals surface area contributed by atoms with E-state index in [1.165, 1.54) is 0 Å². The van der Waals surface area contributed by atoms with Crippen molar-refractivity contribution < 1.29 is 9.52 Å². The van der Waals surface area contributed by atoms with Gasteiger partial charge in [0.25, 0.3) is 0 Å². The Bertz CT molecular complexity index is 294. The third-order valence-electron chi connectivity index (χ3n) is 3.36. The molecule has 1 aromatic heterocycles. The SMILES string of the molecule is CCc1ccc(CNC(CC)(CC)CO)o1. The molecule has 0 amide bonds. The summed E-state index contributed by atoms with van der Waals surface area (Å²) < 4.78 is 5.62. The van der Waals surface area contributed by atoms with E-state index in [9.17, 15) is 5.11 Å². The average molecular weight is 225 g/mol. The van der Waals surface area contributed by atoms with E-state index in [1.54, 1.807) is 0 Å². The predicted octanol–water partition coefficient (Wildman–Crippen LogP) is 2.48. The third-order valence-corrected chi connectivity index (χ3v) is 3.36. The molecule has 0 atom stereocenters. The monoisotopic (exact) mass is 225 g/mol. The van der Waals surface area contributed by atoms with Gasteiger partial charge in [-0.05, 0) is 25.0 Å². The highest BCUT2D eigenvalue weighted by Crippen LogP contribution is 2.16. The van der Waals surface area contributed by atoms with Crippen LogP contribution in [0.25, 0.3) is 0 Å². The maximum absolute atomic E-state index is 9.41. The van der Waals surface area contributed by atoms with Crippen molar-refractivity contribution in [3.8, 4) is 0 Å². The average Bonchev–Trinajstić information content (AvgIpc) is 2.80. The molecule has 0 aliphatic heterocycles. The molecule has 0 saturated carbocycles. The van der Waals surface area contributed by atoms with E-state index in [1.807, 2.05) is 12.1 Å². The van der Waals surface area contributed by atoms with Crippen LogP contribution in [0.15, 0.2) is 16.5 Å². The Morgan fingerprint density at radius 2 is 1.81 bits per heavy atom. The van der Waals surface area contributed by atoms with Gasteiger partial charge in [0, 0.05) is 12.0 Å². The molecule has 3 nitrogen and oxygen atoms in total. The lowest BCUT2D eigenvalue weighted by Gasteiger charge is -2.30. The lowest BCUT2D eigenvalue weighted by Crippen LogP contribution is -2.46. The summed E-state index contributed by atoms with van der Waals surface area (Å²) in [4.78, 5) is 0. The third kappa shape index (κ3) is 3.09. The second-order valence-corrected chi connectivity index (χ2v) is 4.22. The van der Waals surface area contributed by atoms with Crippen molar-refractivity contribution in [2.24, 2.45) is 0 Å². The summed E-state index contributed by atoms with van der Waals surface area (Å²) >= 11 is 0. The first-order valence-corrected chi connectivity index (χ1v) is 6.13. The van der Waals surface area contributed by atoms with Crippen LogP contribution in [-0.2, 0) is 13.0 Å². The van der Waals surface area contributed by atoms with E-state index in [2.05, 4.69) is 26.1 Å². The molecule has 0 radical (unpaired) electrons. The van der Waals surface area contributed by atoms with Crippen LogP contribution < -0.4 is 5.32 Å². The predicted molar refractivity (Wildman–Crippen MR) is 65.3 cm³/mol. The van der Waals surface area contributed by atoms with Gasteiger partial charge in [0.05, 0.1) is 13.2 Å². The standard InChI is InChI=1S/C13H23NO2/c1-4-11-7-8-12(16-11)9-14-13(5-2,6-3)10-15/h7-8,14-15H,4-6,9-10H2,1-3H3. The number of aliphatic hydroxyl groups excluding tert-OH is 1. The summed E-state index contributed by atoms with van der Waals surface area (Å²) in [7, 11) is 0. The highest BCUT2D eigenvalue weighted by Gasteiger charge is 2.24. The zero-order valence-corrected chi connectivity index (χ0v) is 10.5. The fraction of sp³-hybridized carbons (Fsp3) is 0.692. The van der Waals surface area contributed by atoms with Gasteiger partial charge in [-0.15, -0.1) is 0 Å². The first kappa shape index (κ1) is 13.3. The van der Waals surface area contributed by atoms with E-state index in [0.29, 0.717) is 6.54 Å². The Morgan fingerprint density at radius 3 is 2.25 bits per heavy atom. The molecule has 1 aromatic rings. The van der Waals surface area contributed by atoms with E-state index in [-0.39, 0.29) is 12.1 Å². The van der Waals surface area contributed by atoms with Gasteiger partial charge in [0.1, 0.15) is 11.5 Å². The van der Waals surface area contributed by atoms with Crippen LogP contribution in [0, 0.1) is 0 Å². The number of furan rings is 1. The summed E-state index contributed by atoms with van der Waals surface area (Å²) in [5, 5.41) is 12.8. The fourth-order valence-electron chi connectivity index (χ4n) is 1.76. The molecule has 0 unspecified atom stereocenters. The topological polar surface area (TPSA) is 45.4 Å². The molecule has 0 fully saturated rings. The van der Waals surface area contributed by atoms with Crippen molar-refractivity contribution in [3.63, 3.8) is 0 Å². The Labute approximate surface area is 97.9 Å². The first-order chi connectivity index (χ1) is 7.69. The van der Waals surface area contributed by atoms with Crippen LogP contribution in [0.3, 0.4) is 0 Å². The molecule has 1 heterocycles. The zero-order chi connectivity index (χ0) is 12.0. The first-order valence-electron chi connectivity index (χ1n) is 6.13. The van der Waals surface area contributed by atoms with Crippen LogP contribution >= 0.6 is 0 Å². The molecular weight excluding hydrogens is 202 g/mol. The zero-order valence-electron chi connectivity index (χ0n) is 10.5. The van der Waals surface area contributed by atoms with Gasteiger partial charge >= 0.3 is 0 Å². The highest BCUT2D eigenvalue weighted by molar-refractivity contribution is 5.07. The van der Waals surface area contributed by atoms with Crippen molar-refractivity contribution in [1.29, 1.82) is 0 Å². The summed E-state index contributed by atoms with van der Waals surface area (Å²) in [5.41, 5.74) is -0.167. The van der Waals surface area contributed by atoms with Gasteiger partial charge in [0.2, 0.25) is 0 Å². The minimum Gasteiger partial charge on any atom is -0.465 e. The molecule has 1 rings (SSSR count). The molecule has 2 N–H and O–H groups in total. The van der Waals surface area contributed by atoms with Crippen molar-refractivity contribution in [3.05, 3.63) is 23.7 Å². The van der Waals surface area contributed by atoms with Gasteiger partial charge in [-0.1, -0.05) is 20.8 Å². The van der Waals surface area contributed by atoms with Crippen LogP contribution in [0.1, 0.15) is 45.1 Å². The summed E-state index contributed by atoms with van der Waals surface area (Å²) in [5.74, 6) is 1.95. The molecule has 0 aliphatic rings. The molecule has 92 valence electrons. The molecule has 0 bridgehead atoms. The molecule has 0 spiro atoms. The van der Waals surface area contributed by atoms with Gasteiger partial charge in [-0.25, -0.2) is 0 Å². The van der Waals surface area contributed by atoms with Gasteiger partial charge < -0.3 is 14.8 Å². The number of hydrogen-bond acceptors (Lipinski definition) is 3. The van der Waals surface area contributed by atoms with Gasteiger partial charge in [-0.3, -0.25) is 0 Å². The largest absolute Gasteiger partial charge is 0.465 e.